The molecule has 66 valence electrons. The van der Waals surface area contributed by atoms with Crippen LogP contribution in [-0.2, 0) is 6.42 Å². The maximum atomic E-state index is 7.05. The van der Waals surface area contributed by atoms with Gasteiger partial charge in [0.05, 0.1) is 5.84 Å². The maximum absolute atomic E-state index is 7.05. The minimum Gasteiger partial charge on any atom is -0.387 e. The van der Waals surface area contributed by atoms with E-state index in [9.17, 15) is 0 Å². The molecule has 0 saturated carbocycles. The third kappa shape index (κ3) is 3.11. The molecule has 0 radical (unpaired) electrons. The van der Waals surface area contributed by atoms with E-state index < -0.39 is 0 Å². The second-order valence-electron chi connectivity index (χ2n) is 2.29. The van der Waals surface area contributed by atoms with Crippen molar-refractivity contribution in [1.82, 2.24) is 0 Å². The molecule has 0 saturated heterocycles. The number of amidine groups is 1. The molecule has 1 aromatic carbocycles. The minimum absolute atomic E-state index is 0. The van der Waals surface area contributed by atoms with E-state index in [1.165, 1.54) is 0 Å². The number of nitrogens with one attached hydrogen (secondary N) is 1. The Morgan fingerprint density at radius 3 is 2.50 bits per heavy atom. The Bertz CT molecular complexity index is 274. The quantitative estimate of drug-likeness (QED) is 0.564. The van der Waals surface area contributed by atoms with Gasteiger partial charge in [-0.25, -0.2) is 0 Å². The summed E-state index contributed by atoms with van der Waals surface area (Å²) in [6.07, 6.45) is 0.430. The van der Waals surface area contributed by atoms with Crippen LogP contribution in [0.1, 0.15) is 5.56 Å². The van der Waals surface area contributed by atoms with Crippen LogP contribution in [0.2, 0.25) is 5.02 Å². The van der Waals surface area contributed by atoms with E-state index in [0.717, 1.165) is 5.56 Å². The van der Waals surface area contributed by atoms with Gasteiger partial charge < -0.3 is 5.73 Å². The van der Waals surface area contributed by atoms with Gasteiger partial charge >= 0.3 is 0 Å². The first-order valence-electron chi connectivity index (χ1n) is 3.26. The summed E-state index contributed by atoms with van der Waals surface area (Å²) < 4.78 is 0. The van der Waals surface area contributed by atoms with Gasteiger partial charge in [-0.3, -0.25) is 5.41 Å². The van der Waals surface area contributed by atoms with Gasteiger partial charge in [-0.05, 0) is 11.6 Å². The molecule has 0 heterocycles. The molecule has 4 heteroatoms. The zero-order valence-corrected chi connectivity index (χ0v) is 7.95. The number of benzene rings is 1. The average molecular weight is 205 g/mol. The van der Waals surface area contributed by atoms with Crippen molar-refractivity contribution in [1.29, 1.82) is 5.41 Å². The lowest BCUT2D eigenvalue weighted by atomic mass is 10.1. The number of halogens is 2. The molecule has 2 nitrogen and oxygen atoms in total. The fourth-order valence-electron chi connectivity index (χ4n) is 0.847. The first-order chi connectivity index (χ1) is 5.20. The second kappa shape index (κ2) is 5.01. The highest BCUT2D eigenvalue weighted by Crippen LogP contribution is 2.14. The summed E-state index contributed by atoms with van der Waals surface area (Å²) in [7, 11) is 0. The monoisotopic (exact) mass is 204 g/mol. The summed E-state index contributed by atoms with van der Waals surface area (Å²) in [6, 6.07) is 7.39. The molecule has 0 aliphatic carbocycles. The molecule has 3 N–H and O–H groups in total. The number of nitrogens with two attached hydrogens (primary N) is 1. The van der Waals surface area contributed by atoms with Gasteiger partial charge in [0.2, 0.25) is 0 Å². The topological polar surface area (TPSA) is 49.9 Å². The summed E-state index contributed by atoms with van der Waals surface area (Å²) in [5.41, 5.74) is 6.12. The molecule has 0 amide bonds. The first-order valence-corrected chi connectivity index (χ1v) is 3.64. The molecule has 0 aromatic heterocycles. The maximum Gasteiger partial charge on any atom is 0.0950 e. The Kier molecular flexibility index (Phi) is 4.71. The molecule has 0 atom stereocenters. The van der Waals surface area contributed by atoms with Crippen LogP contribution in [-0.4, -0.2) is 5.84 Å². The molecule has 1 aromatic rings. The molecule has 0 aliphatic rings. The second-order valence-corrected chi connectivity index (χ2v) is 2.70. The van der Waals surface area contributed by atoms with Gasteiger partial charge in [0.1, 0.15) is 0 Å². The van der Waals surface area contributed by atoms with Crippen LogP contribution >= 0.6 is 24.0 Å². The van der Waals surface area contributed by atoms with Crippen molar-refractivity contribution >= 4 is 29.8 Å². The van der Waals surface area contributed by atoms with Crippen LogP contribution in [0, 0.1) is 5.41 Å². The summed E-state index contributed by atoms with van der Waals surface area (Å²) in [4.78, 5) is 0. The van der Waals surface area contributed by atoms with Gasteiger partial charge in [0, 0.05) is 11.4 Å². The van der Waals surface area contributed by atoms with E-state index in [1.807, 2.05) is 18.2 Å². The van der Waals surface area contributed by atoms with Crippen LogP contribution in [0.3, 0.4) is 0 Å². The summed E-state index contributed by atoms with van der Waals surface area (Å²) in [5, 5.41) is 7.72. The Hall–Kier alpha value is -0.730. The van der Waals surface area contributed by atoms with E-state index in [1.54, 1.807) is 6.07 Å². The van der Waals surface area contributed by atoms with E-state index in [4.69, 9.17) is 22.7 Å². The summed E-state index contributed by atoms with van der Waals surface area (Å²) >= 11 is 5.82. The Labute approximate surface area is 82.6 Å². The van der Waals surface area contributed by atoms with E-state index >= 15 is 0 Å². The largest absolute Gasteiger partial charge is 0.387 e. The van der Waals surface area contributed by atoms with Gasteiger partial charge in [0.15, 0.2) is 0 Å². The van der Waals surface area contributed by atoms with Gasteiger partial charge in [-0.2, -0.15) is 0 Å². The van der Waals surface area contributed by atoms with Crippen LogP contribution in [0.15, 0.2) is 24.3 Å². The lowest BCUT2D eigenvalue weighted by molar-refractivity contribution is 1.25. The number of rotatable bonds is 2. The molecule has 0 spiro atoms. The van der Waals surface area contributed by atoms with Crippen molar-refractivity contribution in [3.05, 3.63) is 34.9 Å². The van der Waals surface area contributed by atoms with Crippen LogP contribution in [0.4, 0.5) is 0 Å². The van der Waals surface area contributed by atoms with E-state index in [0.29, 0.717) is 11.4 Å². The molecule has 12 heavy (non-hydrogen) atoms. The molecule has 0 aliphatic heterocycles. The van der Waals surface area contributed by atoms with Gasteiger partial charge in [0.25, 0.3) is 0 Å². The average Bonchev–Trinajstić information content (AvgIpc) is 1.93. The smallest absolute Gasteiger partial charge is 0.0950 e. The number of hydrogen-bond donors (Lipinski definition) is 2. The highest BCUT2D eigenvalue weighted by Gasteiger charge is 1.98. The van der Waals surface area contributed by atoms with Crippen molar-refractivity contribution in [2.24, 2.45) is 5.73 Å². The normalized spacial score (nSPS) is 8.75. The molecule has 0 fully saturated rings. The number of hydrogen-bond acceptors (Lipinski definition) is 1. The van der Waals surface area contributed by atoms with Crippen LogP contribution in [0.25, 0.3) is 0 Å². The highest BCUT2D eigenvalue weighted by molar-refractivity contribution is 6.31. The van der Waals surface area contributed by atoms with E-state index in [-0.39, 0.29) is 18.2 Å². The third-order valence-corrected chi connectivity index (χ3v) is 1.71. The first kappa shape index (κ1) is 11.3. The van der Waals surface area contributed by atoms with Crippen molar-refractivity contribution in [3.8, 4) is 0 Å². The van der Waals surface area contributed by atoms with Crippen molar-refractivity contribution in [2.45, 2.75) is 6.42 Å². The zero-order chi connectivity index (χ0) is 8.27. The van der Waals surface area contributed by atoms with Crippen molar-refractivity contribution in [2.75, 3.05) is 0 Å². The summed E-state index contributed by atoms with van der Waals surface area (Å²) in [6.45, 7) is 0. The standard InChI is InChI=1S/C8H9ClN2.ClH/c9-7-4-2-1-3-6(7)5-8(10)11;/h1-4H,5H2,(H3,10,11);1H. The molecular weight excluding hydrogens is 195 g/mol. The molecular formula is C8H10Cl2N2. The highest BCUT2D eigenvalue weighted by atomic mass is 35.5. The van der Waals surface area contributed by atoms with Crippen LogP contribution < -0.4 is 5.73 Å². The predicted octanol–water partition coefficient (Wildman–Crippen LogP) is 2.24. The minimum atomic E-state index is 0. The lowest BCUT2D eigenvalue weighted by Crippen LogP contribution is -2.12. The van der Waals surface area contributed by atoms with Gasteiger partial charge in [-0.15, -0.1) is 12.4 Å². The molecule has 0 bridgehead atoms. The van der Waals surface area contributed by atoms with Gasteiger partial charge in [-0.1, -0.05) is 29.8 Å². The molecule has 1 rings (SSSR count). The van der Waals surface area contributed by atoms with Crippen molar-refractivity contribution in [3.63, 3.8) is 0 Å². The Morgan fingerprint density at radius 2 is 2.00 bits per heavy atom. The Morgan fingerprint density at radius 1 is 1.42 bits per heavy atom. The fraction of sp³-hybridized carbons (Fsp3) is 0.125. The predicted molar refractivity (Wildman–Crippen MR) is 54.3 cm³/mol. The fourth-order valence-corrected chi connectivity index (χ4v) is 1.05. The third-order valence-electron chi connectivity index (χ3n) is 1.34. The molecule has 0 unspecified atom stereocenters. The van der Waals surface area contributed by atoms with Crippen molar-refractivity contribution < 1.29 is 0 Å². The Balaban J connectivity index is 0.00000121. The SMILES string of the molecule is Cl.N=C(N)Cc1ccccc1Cl. The van der Waals surface area contributed by atoms with Crippen LogP contribution in [0.5, 0.6) is 0 Å². The zero-order valence-electron chi connectivity index (χ0n) is 6.38. The lowest BCUT2D eigenvalue weighted by Gasteiger charge is -2.00. The summed E-state index contributed by atoms with van der Waals surface area (Å²) in [5.74, 6) is 0.137. The van der Waals surface area contributed by atoms with E-state index in [2.05, 4.69) is 0 Å².